The molecule has 2 amide bonds. The summed E-state index contributed by atoms with van der Waals surface area (Å²) in [6.07, 6.45) is 6.79. The van der Waals surface area contributed by atoms with E-state index in [4.69, 9.17) is 0 Å². The third-order valence-corrected chi connectivity index (χ3v) is 5.60. The van der Waals surface area contributed by atoms with E-state index < -0.39 is 11.4 Å². The van der Waals surface area contributed by atoms with Crippen LogP contribution >= 0.6 is 0 Å². The fourth-order valence-corrected chi connectivity index (χ4v) is 3.72. The van der Waals surface area contributed by atoms with Gasteiger partial charge in [-0.1, -0.05) is 26.7 Å². The summed E-state index contributed by atoms with van der Waals surface area (Å²) in [5.41, 5.74) is -0.437. The molecule has 2 N–H and O–H groups in total. The summed E-state index contributed by atoms with van der Waals surface area (Å²) in [5.74, 6) is -0.760. The maximum Gasteiger partial charge on any atom is 0.317 e. The Hall–Kier alpha value is -1.26. The number of nitrogens with one attached hydrogen (secondary N) is 1. The predicted octanol–water partition coefficient (Wildman–Crippen LogP) is 2.85. The smallest absolute Gasteiger partial charge is 0.317 e. The van der Waals surface area contributed by atoms with Crippen molar-refractivity contribution in [1.29, 1.82) is 0 Å². The van der Waals surface area contributed by atoms with Gasteiger partial charge in [-0.15, -0.1) is 0 Å². The molecule has 0 aromatic heterocycles. The maximum atomic E-state index is 12.3. The van der Waals surface area contributed by atoms with E-state index in [0.717, 1.165) is 19.4 Å². The monoisotopic (exact) mass is 296 g/mol. The molecular weight excluding hydrogens is 268 g/mol. The van der Waals surface area contributed by atoms with Crippen molar-refractivity contribution in [1.82, 2.24) is 10.2 Å². The average Bonchev–Trinajstić information content (AvgIpc) is 2.84. The molecule has 0 aromatic carbocycles. The number of rotatable bonds is 6. The van der Waals surface area contributed by atoms with Gasteiger partial charge in [-0.2, -0.15) is 0 Å². The molecule has 2 rings (SSSR count). The van der Waals surface area contributed by atoms with Crippen molar-refractivity contribution < 1.29 is 14.7 Å². The number of urea groups is 1. The summed E-state index contributed by atoms with van der Waals surface area (Å²) >= 11 is 0. The minimum Gasteiger partial charge on any atom is -0.481 e. The van der Waals surface area contributed by atoms with E-state index in [2.05, 4.69) is 12.2 Å². The van der Waals surface area contributed by atoms with Crippen LogP contribution in [-0.2, 0) is 4.79 Å². The Morgan fingerprint density at radius 2 is 1.95 bits per heavy atom. The van der Waals surface area contributed by atoms with Gasteiger partial charge >= 0.3 is 12.0 Å². The standard InChI is InChI=1S/C16H28N2O3/c1-3-6-16(13(19)20)9-10-18(12-16)14(21)17-11-15(4-2)7-5-8-15/h3-12H2,1-2H3,(H,17,21)(H,19,20). The van der Waals surface area contributed by atoms with Gasteiger partial charge in [0.25, 0.3) is 0 Å². The summed E-state index contributed by atoms with van der Waals surface area (Å²) in [7, 11) is 0. The van der Waals surface area contributed by atoms with E-state index in [1.807, 2.05) is 6.92 Å². The minimum absolute atomic E-state index is 0.0889. The van der Waals surface area contributed by atoms with E-state index in [1.54, 1.807) is 4.90 Å². The van der Waals surface area contributed by atoms with Crippen LogP contribution in [0.2, 0.25) is 0 Å². The second kappa shape index (κ2) is 6.24. The highest BCUT2D eigenvalue weighted by Crippen LogP contribution is 2.43. The zero-order valence-electron chi connectivity index (χ0n) is 13.3. The second-order valence-electron chi connectivity index (χ2n) is 6.87. The highest BCUT2D eigenvalue weighted by molar-refractivity contribution is 5.79. The molecule has 1 aliphatic heterocycles. The van der Waals surface area contributed by atoms with Crippen LogP contribution < -0.4 is 5.32 Å². The van der Waals surface area contributed by atoms with Crippen LogP contribution in [0.25, 0.3) is 0 Å². The zero-order chi connectivity index (χ0) is 15.5. The topological polar surface area (TPSA) is 69.6 Å². The van der Waals surface area contributed by atoms with Crippen LogP contribution in [0.15, 0.2) is 0 Å². The van der Waals surface area contributed by atoms with Gasteiger partial charge in [0.1, 0.15) is 0 Å². The van der Waals surface area contributed by atoms with Gasteiger partial charge in [-0.05, 0) is 37.5 Å². The van der Waals surface area contributed by atoms with Gasteiger partial charge < -0.3 is 15.3 Å². The van der Waals surface area contributed by atoms with Gasteiger partial charge in [0.05, 0.1) is 5.41 Å². The third-order valence-electron chi connectivity index (χ3n) is 5.60. The molecule has 2 fully saturated rings. The molecular formula is C16H28N2O3. The number of aliphatic carboxylic acids is 1. The third kappa shape index (κ3) is 3.16. The molecule has 0 bridgehead atoms. The molecule has 1 atom stereocenters. The number of hydrogen-bond donors (Lipinski definition) is 2. The summed E-state index contributed by atoms with van der Waals surface area (Å²) < 4.78 is 0. The number of likely N-dealkylation sites (tertiary alicyclic amines) is 1. The summed E-state index contributed by atoms with van der Waals surface area (Å²) in [4.78, 5) is 25.5. The Balaban J connectivity index is 1.88. The molecule has 21 heavy (non-hydrogen) atoms. The Labute approximate surface area is 127 Å². The van der Waals surface area contributed by atoms with Gasteiger partial charge in [-0.3, -0.25) is 4.79 Å². The quantitative estimate of drug-likeness (QED) is 0.792. The molecule has 0 aromatic rings. The number of carboxylic acid groups (broad SMARTS) is 1. The van der Waals surface area contributed by atoms with Crippen LogP contribution in [0.3, 0.4) is 0 Å². The van der Waals surface area contributed by atoms with Gasteiger partial charge in [0.15, 0.2) is 0 Å². The second-order valence-corrected chi connectivity index (χ2v) is 6.87. The van der Waals surface area contributed by atoms with Crippen molar-refractivity contribution >= 4 is 12.0 Å². The Morgan fingerprint density at radius 3 is 2.43 bits per heavy atom. The SMILES string of the molecule is CCCC1(C(=O)O)CCN(C(=O)NCC2(CC)CCC2)C1. The fourth-order valence-electron chi connectivity index (χ4n) is 3.72. The molecule has 1 aliphatic carbocycles. The number of nitrogens with zero attached hydrogens (tertiary/aromatic N) is 1. The van der Waals surface area contributed by atoms with Gasteiger partial charge in [0.2, 0.25) is 0 Å². The Kier molecular flexibility index (Phi) is 4.79. The number of amides is 2. The predicted molar refractivity (Wildman–Crippen MR) is 81.1 cm³/mol. The Bertz CT molecular complexity index is 401. The Morgan fingerprint density at radius 1 is 1.24 bits per heavy atom. The summed E-state index contributed by atoms with van der Waals surface area (Å²) in [6.45, 7) is 5.80. The van der Waals surface area contributed by atoms with Crippen molar-refractivity contribution in [3.8, 4) is 0 Å². The lowest BCUT2D eigenvalue weighted by atomic mass is 9.67. The maximum absolute atomic E-state index is 12.3. The highest BCUT2D eigenvalue weighted by Gasteiger charge is 2.45. The molecule has 2 aliphatic rings. The summed E-state index contributed by atoms with van der Waals surface area (Å²) in [5, 5.41) is 12.5. The van der Waals surface area contributed by atoms with Crippen molar-refractivity contribution in [3.63, 3.8) is 0 Å². The summed E-state index contributed by atoms with van der Waals surface area (Å²) in [6, 6.07) is -0.0889. The lowest BCUT2D eigenvalue weighted by molar-refractivity contribution is -0.148. The van der Waals surface area contributed by atoms with Crippen molar-refractivity contribution in [3.05, 3.63) is 0 Å². The number of hydrogen-bond acceptors (Lipinski definition) is 2. The van der Waals surface area contributed by atoms with Crippen LogP contribution in [-0.4, -0.2) is 41.6 Å². The van der Waals surface area contributed by atoms with E-state index >= 15 is 0 Å². The molecule has 1 saturated heterocycles. The van der Waals surface area contributed by atoms with Crippen LogP contribution in [0.1, 0.15) is 58.8 Å². The average molecular weight is 296 g/mol. The fraction of sp³-hybridized carbons (Fsp3) is 0.875. The molecule has 1 saturated carbocycles. The lowest BCUT2D eigenvalue weighted by Crippen LogP contribution is -2.47. The van der Waals surface area contributed by atoms with Crippen molar-refractivity contribution in [2.24, 2.45) is 10.8 Å². The van der Waals surface area contributed by atoms with E-state index in [1.165, 1.54) is 19.3 Å². The lowest BCUT2D eigenvalue weighted by Gasteiger charge is -2.41. The van der Waals surface area contributed by atoms with Crippen molar-refractivity contribution in [2.75, 3.05) is 19.6 Å². The largest absolute Gasteiger partial charge is 0.481 e. The molecule has 0 spiro atoms. The first-order chi connectivity index (χ1) is 9.97. The van der Waals surface area contributed by atoms with Gasteiger partial charge in [0, 0.05) is 19.6 Å². The molecule has 5 nitrogen and oxygen atoms in total. The molecule has 5 heteroatoms. The molecule has 1 heterocycles. The highest BCUT2D eigenvalue weighted by atomic mass is 16.4. The minimum atomic E-state index is -0.760. The normalized spacial score (nSPS) is 27.2. The first-order valence-electron chi connectivity index (χ1n) is 8.23. The molecule has 120 valence electrons. The van der Waals surface area contributed by atoms with Crippen LogP contribution in [0.5, 0.6) is 0 Å². The van der Waals surface area contributed by atoms with Crippen LogP contribution in [0.4, 0.5) is 4.79 Å². The van der Waals surface area contributed by atoms with Gasteiger partial charge in [-0.25, -0.2) is 4.79 Å². The van der Waals surface area contributed by atoms with Crippen molar-refractivity contribution in [2.45, 2.75) is 58.8 Å². The molecule has 0 radical (unpaired) electrons. The van der Waals surface area contributed by atoms with E-state index in [-0.39, 0.29) is 6.03 Å². The first kappa shape index (κ1) is 16.1. The van der Waals surface area contributed by atoms with E-state index in [0.29, 0.717) is 31.3 Å². The molecule has 1 unspecified atom stereocenters. The zero-order valence-corrected chi connectivity index (χ0v) is 13.3. The van der Waals surface area contributed by atoms with Crippen LogP contribution in [0, 0.1) is 10.8 Å². The first-order valence-corrected chi connectivity index (χ1v) is 8.23. The number of carbonyl (C=O) groups is 2. The number of carboxylic acids is 1. The van der Waals surface area contributed by atoms with E-state index in [9.17, 15) is 14.7 Å². The number of carbonyl (C=O) groups excluding carboxylic acids is 1.